The van der Waals surface area contributed by atoms with Crippen LogP contribution in [0.3, 0.4) is 0 Å². The van der Waals surface area contributed by atoms with Crippen LogP contribution >= 0.6 is 28.6 Å². The van der Waals surface area contributed by atoms with Gasteiger partial charge in [0.25, 0.3) is 0 Å². The van der Waals surface area contributed by atoms with E-state index in [0.717, 1.165) is 19.4 Å². The van der Waals surface area contributed by atoms with Crippen molar-refractivity contribution in [3.05, 3.63) is 0 Å². The Balaban J connectivity index is 0.000000252. The number of halogens is 2. The van der Waals surface area contributed by atoms with E-state index in [4.69, 9.17) is 5.26 Å². The minimum atomic E-state index is -3.94. The van der Waals surface area contributed by atoms with Crippen LogP contribution < -0.4 is 4.89 Å². The second-order valence-electron chi connectivity index (χ2n) is 2.42. The molecule has 1 aliphatic heterocycles. The smallest absolute Gasteiger partial charge is 0.369 e. The fourth-order valence-electron chi connectivity index (χ4n) is 0.898. The van der Waals surface area contributed by atoms with Gasteiger partial charge in [0, 0.05) is 6.42 Å². The first-order valence-electron chi connectivity index (χ1n) is 3.43. The highest BCUT2D eigenvalue weighted by Crippen LogP contribution is 2.46. The molecule has 1 rings (SSSR count). The molecule has 1 aliphatic rings. The molecule has 0 aliphatic carbocycles. The van der Waals surface area contributed by atoms with Crippen LogP contribution in [0.1, 0.15) is 12.8 Å². The lowest BCUT2D eigenvalue weighted by molar-refractivity contribution is -0.505. The maximum atomic E-state index is 9.19. The molecule has 8 heteroatoms. The predicted octanol–water partition coefficient (Wildman–Crippen LogP) is 1.24. The van der Waals surface area contributed by atoms with E-state index in [1.54, 1.807) is 0 Å². The molecule has 0 fully saturated rings. The molecule has 1 heterocycles. The van der Waals surface area contributed by atoms with Crippen LogP contribution in [0.2, 0.25) is 0 Å². The van der Waals surface area contributed by atoms with E-state index < -0.39 is 6.07 Å². The Kier molecular flexibility index (Phi) is 5.92. The third-order valence-corrected chi connectivity index (χ3v) is 1.42. The van der Waals surface area contributed by atoms with Crippen LogP contribution in [0.25, 0.3) is 0 Å². The number of rotatable bonds is 0. The Morgan fingerprint density at radius 2 is 2.15 bits per heavy atom. The van der Waals surface area contributed by atoms with E-state index in [-0.39, 0.29) is 0 Å². The van der Waals surface area contributed by atoms with E-state index in [1.807, 2.05) is 11.6 Å². The summed E-state index contributed by atoms with van der Waals surface area (Å²) in [6.07, 6.45) is -1.99. The van der Waals surface area contributed by atoms with Crippen molar-refractivity contribution < 1.29 is 24.2 Å². The number of hydrogen-bond acceptors (Lipinski definition) is 4. The molecule has 0 unspecified atom stereocenters. The molecule has 0 aromatic carbocycles. The molecule has 0 aromatic heterocycles. The van der Waals surface area contributed by atoms with Crippen molar-refractivity contribution in [2.45, 2.75) is 12.8 Å². The summed E-state index contributed by atoms with van der Waals surface area (Å²) in [5.41, 5.74) is 0. The van der Waals surface area contributed by atoms with E-state index in [0.29, 0.717) is 5.90 Å². The quantitative estimate of drug-likeness (QED) is 0.304. The Hall–Kier alpha value is 0.200. The molecule has 0 atom stereocenters. The fourth-order valence-corrected chi connectivity index (χ4v) is 0.898. The predicted molar refractivity (Wildman–Crippen MR) is 48.3 cm³/mol. The maximum absolute atomic E-state index is 9.19. The first-order valence-corrected chi connectivity index (χ1v) is 6.87. The molecule has 0 amide bonds. The maximum Gasteiger partial charge on any atom is 0.369 e. The van der Waals surface area contributed by atoms with E-state index in [9.17, 15) is 9.46 Å². The minimum Gasteiger partial charge on any atom is -0.776 e. The zero-order chi connectivity index (χ0) is 10.5. The summed E-state index contributed by atoms with van der Waals surface area (Å²) in [7, 11) is 1.90. The highest BCUT2D eigenvalue weighted by molar-refractivity contribution is 8.03. The molecule has 0 spiro atoms. The fraction of sp³-hybridized carbons (Fsp3) is 0.800. The van der Waals surface area contributed by atoms with E-state index in [1.165, 1.54) is 0 Å². The average molecular weight is 250 g/mol. The van der Waals surface area contributed by atoms with Gasteiger partial charge in [-0.15, -0.1) is 0 Å². The summed E-state index contributed by atoms with van der Waals surface area (Å²) >= 11 is 8.59. The van der Waals surface area contributed by atoms with Crippen LogP contribution in [0.5, 0.6) is 0 Å². The molecular weight excluding hydrogens is 240 g/mol. The minimum absolute atomic E-state index is 0.685. The largest absolute Gasteiger partial charge is 0.776 e. The lowest BCUT2D eigenvalue weighted by atomic mass is 10.4. The van der Waals surface area contributed by atoms with Gasteiger partial charge in [-0.1, -0.05) is 22.5 Å². The van der Waals surface area contributed by atoms with Gasteiger partial charge in [-0.25, -0.2) is 4.58 Å². The van der Waals surface area contributed by atoms with Crippen LogP contribution in [-0.2, 0) is 9.45 Å². The van der Waals surface area contributed by atoms with Crippen molar-refractivity contribution in [2.75, 3.05) is 13.6 Å². The van der Waals surface area contributed by atoms with Crippen LogP contribution in [0.15, 0.2) is 0 Å². The second-order valence-corrected chi connectivity index (χ2v) is 6.44. The van der Waals surface area contributed by atoms with E-state index in [2.05, 4.69) is 27.4 Å². The highest BCUT2D eigenvalue weighted by Gasteiger charge is 2.19. The zero-order valence-corrected chi connectivity index (χ0v) is 9.35. The van der Waals surface area contributed by atoms with Gasteiger partial charge in [-0.2, -0.15) is 5.26 Å². The normalized spacial score (nSPS) is 16.7. The summed E-state index contributed by atoms with van der Waals surface area (Å²) in [4.78, 5) is 13.3. The molecule has 0 aromatic rings. The summed E-state index contributed by atoms with van der Waals surface area (Å²) in [5.74, 6) is 0.685. The number of hydrogen-bond donors (Lipinski definition) is 1. The van der Waals surface area contributed by atoms with Crippen molar-refractivity contribution in [1.29, 1.82) is 0 Å². The third kappa shape index (κ3) is 8.53. The lowest BCUT2D eigenvalue weighted by Gasteiger charge is -1.98. The van der Waals surface area contributed by atoms with Crippen molar-refractivity contribution in [2.24, 2.45) is 0 Å². The highest BCUT2D eigenvalue weighted by atomic mass is 35.9. The first kappa shape index (κ1) is 13.2. The molecule has 1 N–H and O–H groups in total. The van der Waals surface area contributed by atoms with Crippen molar-refractivity contribution in [3.63, 3.8) is 0 Å². The van der Waals surface area contributed by atoms with Crippen LogP contribution in [-0.4, -0.2) is 29.3 Å². The van der Waals surface area contributed by atoms with Gasteiger partial charge in [0.1, 0.15) is 13.6 Å². The zero-order valence-electron chi connectivity index (χ0n) is 6.94. The Bertz CT molecular complexity index is 230. The summed E-state index contributed by atoms with van der Waals surface area (Å²) in [6, 6.07) is 0. The molecule has 0 radical (unpaired) electrons. The summed E-state index contributed by atoms with van der Waals surface area (Å²) in [6.45, 7) is 0.996. The first-order chi connectivity index (χ1) is 5.84. The number of nitrogens with zero attached hydrogens (tertiary/aromatic N) is 1. The van der Waals surface area contributed by atoms with Crippen LogP contribution in [0.4, 0.5) is 0 Å². The standard InChI is InChI=1S/C5H9NO2.Cl2HO2P/c1-6-4-2-3-5(6)8-7;1-5(2,3)4/h2-4H2,1H3;(H,3,4). The lowest BCUT2D eigenvalue weighted by Crippen LogP contribution is -2.10. The van der Waals surface area contributed by atoms with Gasteiger partial charge in [0.2, 0.25) is 0 Å². The Morgan fingerprint density at radius 3 is 2.31 bits per heavy atom. The molecule has 0 saturated heterocycles. The van der Waals surface area contributed by atoms with Gasteiger partial charge in [0.15, 0.2) is 6.07 Å². The van der Waals surface area contributed by atoms with Gasteiger partial charge >= 0.3 is 5.90 Å². The Morgan fingerprint density at radius 1 is 1.69 bits per heavy atom. The SMILES string of the molecule is C[N+]1=C(OO)CCC1.O=P([O-])(Cl)Cl. The average Bonchev–Trinajstić information content (AvgIpc) is 2.31. The molecule has 78 valence electrons. The molecule has 5 nitrogen and oxygen atoms in total. The van der Waals surface area contributed by atoms with Crippen molar-refractivity contribution in [1.82, 2.24) is 0 Å². The monoisotopic (exact) mass is 249 g/mol. The van der Waals surface area contributed by atoms with E-state index >= 15 is 0 Å². The van der Waals surface area contributed by atoms with Gasteiger partial charge in [-0.3, -0.25) is 4.89 Å². The molecule has 0 bridgehead atoms. The molecule has 0 saturated carbocycles. The summed E-state index contributed by atoms with van der Waals surface area (Å²) < 4.78 is 11.1. The summed E-state index contributed by atoms with van der Waals surface area (Å²) in [5, 5.41) is 8.16. The Labute approximate surface area is 85.5 Å². The topological polar surface area (TPSA) is 72.6 Å². The van der Waals surface area contributed by atoms with Crippen LogP contribution in [0, 0.1) is 0 Å². The van der Waals surface area contributed by atoms with Crippen molar-refractivity contribution in [3.8, 4) is 0 Å². The van der Waals surface area contributed by atoms with Gasteiger partial charge in [-0.05, 0) is 0 Å². The van der Waals surface area contributed by atoms with Gasteiger partial charge in [0.05, 0.1) is 6.42 Å². The molecule has 13 heavy (non-hydrogen) atoms. The van der Waals surface area contributed by atoms with Gasteiger partial charge < -0.3 is 9.46 Å². The second kappa shape index (κ2) is 5.83. The molecular formula is C5H10Cl2NO4P. The third-order valence-electron chi connectivity index (χ3n) is 1.42. The van der Waals surface area contributed by atoms with Crippen molar-refractivity contribution >= 4 is 34.5 Å².